The zero-order valence-corrected chi connectivity index (χ0v) is 16.0. The molecule has 0 amide bonds. The van der Waals surface area contributed by atoms with Crippen molar-refractivity contribution in [1.82, 2.24) is 0 Å². The van der Waals surface area contributed by atoms with Gasteiger partial charge in [0.15, 0.2) is 0 Å². The fraction of sp³-hybridized carbons (Fsp3) is 0.417. The van der Waals surface area contributed by atoms with E-state index in [1.165, 1.54) is 11.1 Å². The molecule has 2 atom stereocenters. The topological polar surface area (TPSA) is 29.5 Å². The van der Waals surface area contributed by atoms with E-state index in [0.29, 0.717) is 11.7 Å². The number of hydrogen-bond acceptors (Lipinski definition) is 2. The van der Waals surface area contributed by atoms with Crippen LogP contribution in [-0.4, -0.2) is 10.7 Å². The summed E-state index contributed by atoms with van der Waals surface area (Å²) in [6.07, 6.45) is 6.46. The largest absolute Gasteiger partial charge is 0.507 e. The van der Waals surface area contributed by atoms with Gasteiger partial charge in [-0.25, -0.2) is 0 Å². The first kappa shape index (κ1) is 17.2. The minimum absolute atomic E-state index is 0.209. The quantitative estimate of drug-likeness (QED) is 0.712. The van der Waals surface area contributed by atoms with E-state index >= 15 is 0 Å². The van der Waals surface area contributed by atoms with Crippen molar-refractivity contribution in [3.05, 3.63) is 70.8 Å². The van der Waals surface area contributed by atoms with Crippen molar-refractivity contribution in [3.8, 4) is 11.5 Å². The van der Waals surface area contributed by atoms with E-state index in [2.05, 4.69) is 57.2 Å². The second-order valence-corrected chi connectivity index (χ2v) is 8.40. The lowest BCUT2D eigenvalue weighted by Gasteiger charge is -2.46. The third kappa shape index (κ3) is 3.13. The lowest BCUT2D eigenvalue weighted by molar-refractivity contribution is 0.0107. The van der Waals surface area contributed by atoms with Crippen LogP contribution in [0.2, 0.25) is 0 Å². The van der Waals surface area contributed by atoms with Gasteiger partial charge in [-0.15, -0.1) is 0 Å². The average molecular weight is 348 g/mol. The van der Waals surface area contributed by atoms with E-state index in [9.17, 15) is 5.11 Å². The summed E-state index contributed by atoms with van der Waals surface area (Å²) in [4.78, 5) is 0. The Kier molecular flexibility index (Phi) is 4.30. The van der Waals surface area contributed by atoms with E-state index in [-0.39, 0.29) is 11.5 Å². The molecule has 0 aromatic heterocycles. The Bertz CT molecular complexity index is 833. The highest BCUT2D eigenvalue weighted by Gasteiger charge is 2.45. The molecule has 2 aromatic carbocycles. The van der Waals surface area contributed by atoms with Gasteiger partial charge in [-0.1, -0.05) is 42.0 Å². The maximum atomic E-state index is 10.8. The molecule has 0 radical (unpaired) electrons. The van der Waals surface area contributed by atoms with Crippen LogP contribution in [0.3, 0.4) is 0 Å². The molecule has 0 fully saturated rings. The lowest BCUT2D eigenvalue weighted by Crippen LogP contribution is -2.45. The second kappa shape index (κ2) is 6.50. The lowest BCUT2D eigenvalue weighted by atomic mass is 9.68. The van der Waals surface area contributed by atoms with Crippen LogP contribution in [0.4, 0.5) is 0 Å². The van der Waals surface area contributed by atoms with Crippen molar-refractivity contribution < 1.29 is 9.84 Å². The molecule has 2 nitrogen and oxygen atoms in total. The van der Waals surface area contributed by atoms with Crippen LogP contribution in [0.15, 0.2) is 54.1 Å². The van der Waals surface area contributed by atoms with E-state index in [4.69, 9.17) is 4.74 Å². The van der Waals surface area contributed by atoms with Crippen LogP contribution in [0.5, 0.6) is 11.5 Å². The SMILES string of the molecule is CC1=C[C@@H]2c3c(O)cc(CCc4ccccc4)cc3OC(C)(C)[C@H]2CC1. The first-order valence-corrected chi connectivity index (χ1v) is 9.70. The normalized spacial score (nSPS) is 23.4. The maximum Gasteiger partial charge on any atom is 0.127 e. The van der Waals surface area contributed by atoms with Crippen LogP contribution < -0.4 is 4.74 Å². The number of ether oxygens (including phenoxy) is 1. The van der Waals surface area contributed by atoms with Gasteiger partial charge >= 0.3 is 0 Å². The summed E-state index contributed by atoms with van der Waals surface area (Å²) >= 11 is 0. The highest BCUT2D eigenvalue weighted by molar-refractivity contribution is 5.54. The van der Waals surface area contributed by atoms with Crippen LogP contribution in [0.25, 0.3) is 0 Å². The van der Waals surface area contributed by atoms with Gasteiger partial charge in [-0.05, 0) is 69.7 Å². The number of allylic oxidation sites excluding steroid dienone is 2. The van der Waals surface area contributed by atoms with Gasteiger partial charge in [0.1, 0.15) is 17.1 Å². The van der Waals surface area contributed by atoms with Gasteiger partial charge < -0.3 is 9.84 Å². The summed E-state index contributed by atoms with van der Waals surface area (Å²) in [6, 6.07) is 14.6. The zero-order valence-electron chi connectivity index (χ0n) is 16.0. The Morgan fingerprint density at radius 1 is 1.08 bits per heavy atom. The standard InChI is InChI=1S/C24H28O2/c1-16-9-12-20-19(13-16)23-21(25)14-18(15-22(23)26-24(20,2)3)11-10-17-7-5-4-6-8-17/h4-8,13-15,19-20,25H,9-12H2,1-3H3/t19-,20-/m0/s1. The molecule has 0 bridgehead atoms. The van der Waals surface area contributed by atoms with Crippen molar-refractivity contribution in [1.29, 1.82) is 0 Å². The Morgan fingerprint density at radius 3 is 2.58 bits per heavy atom. The molecule has 2 aromatic rings. The molecular weight excluding hydrogens is 320 g/mol. The van der Waals surface area contributed by atoms with Crippen molar-refractivity contribution in [3.63, 3.8) is 0 Å². The number of fused-ring (bicyclic) bond motifs is 3. The Morgan fingerprint density at radius 2 is 1.81 bits per heavy atom. The second-order valence-electron chi connectivity index (χ2n) is 8.40. The number of benzene rings is 2. The van der Waals surface area contributed by atoms with Crippen LogP contribution >= 0.6 is 0 Å². The predicted molar refractivity (Wildman–Crippen MR) is 106 cm³/mol. The fourth-order valence-corrected chi connectivity index (χ4v) is 4.66. The molecule has 0 saturated heterocycles. The third-order valence-electron chi connectivity index (χ3n) is 6.07. The number of aryl methyl sites for hydroxylation is 2. The molecule has 2 heteroatoms. The number of rotatable bonds is 3. The Hall–Kier alpha value is -2.22. The van der Waals surface area contributed by atoms with Crippen LogP contribution in [0, 0.1) is 5.92 Å². The van der Waals surface area contributed by atoms with Gasteiger partial charge in [0.2, 0.25) is 0 Å². The molecule has 1 N–H and O–H groups in total. The summed E-state index contributed by atoms with van der Waals surface area (Å²) in [5.41, 5.74) is 4.64. The molecule has 0 unspecified atom stereocenters. The molecule has 0 spiro atoms. The van der Waals surface area contributed by atoms with Crippen LogP contribution in [-0.2, 0) is 12.8 Å². The number of phenols is 1. The smallest absolute Gasteiger partial charge is 0.127 e. The Balaban J connectivity index is 1.67. The van der Waals surface area contributed by atoms with E-state index in [1.807, 2.05) is 12.1 Å². The van der Waals surface area contributed by atoms with Crippen molar-refractivity contribution >= 4 is 0 Å². The highest BCUT2D eigenvalue weighted by Crippen LogP contribution is 2.53. The average Bonchev–Trinajstić information content (AvgIpc) is 2.59. The molecule has 1 aliphatic heterocycles. The van der Waals surface area contributed by atoms with Gasteiger partial charge in [0.25, 0.3) is 0 Å². The minimum atomic E-state index is -0.209. The monoisotopic (exact) mass is 348 g/mol. The molecule has 0 saturated carbocycles. The van der Waals surface area contributed by atoms with Crippen LogP contribution in [0.1, 0.15) is 56.2 Å². The minimum Gasteiger partial charge on any atom is -0.507 e. The van der Waals surface area contributed by atoms with Gasteiger partial charge in [0.05, 0.1) is 0 Å². The van der Waals surface area contributed by atoms with Gasteiger partial charge in [-0.3, -0.25) is 0 Å². The molecular formula is C24H28O2. The summed E-state index contributed by atoms with van der Waals surface area (Å²) in [7, 11) is 0. The van der Waals surface area contributed by atoms with Gasteiger partial charge in [-0.2, -0.15) is 0 Å². The van der Waals surface area contributed by atoms with Crippen molar-refractivity contribution in [2.24, 2.45) is 5.92 Å². The molecule has 1 heterocycles. The van der Waals surface area contributed by atoms with E-state index in [0.717, 1.165) is 42.6 Å². The fourth-order valence-electron chi connectivity index (χ4n) is 4.66. The molecule has 136 valence electrons. The summed E-state index contributed by atoms with van der Waals surface area (Å²) < 4.78 is 6.41. The van der Waals surface area contributed by atoms with Crippen molar-refractivity contribution in [2.75, 3.05) is 0 Å². The van der Waals surface area contributed by atoms with Gasteiger partial charge in [0, 0.05) is 17.4 Å². The molecule has 26 heavy (non-hydrogen) atoms. The number of aromatic hydroxyl groups is 1. The maximum absolute atomic E-state index is 10.8. The predicted octanol–water partition coefficient (Wildman–Crippen LogP) is 5.79. The number of phenolic OH excluding ortho intramolecular Hbond substituents is 1. The number of hydrogen-bond donors (Lipinski definition) is 1. The van der Waals surface area contributed by atoms with E-state index in [1.54, 1.807) is 0 Å². The summed E-state index contributed by atoms with van der Waals surface area (Å²) in [6.45, 7) is 6.58. The van der Waals surface area contributed by atoms with Crippen molar-refractivity contribution in [2.45, 2.75) is 58.0 Å². The van der Waals surface area contributed by atoms with E-state index < -0.39 is 0 Å². The molecule has 2 aliphatic rings. The Labute approximate surface area is 156 Å². The third-order valence-corrected chi connectivity index (χ3v) is 6.07. The zero-order chi connectivity index (χ0) is 18.3. The molecule has 1 aliphatic carbocycles. The summed E-state index contributed by atoms with van der Waals surface area (Å²) in [5, 5.41) is 10.8. The first-order chi connectivity index (χ1) is 12.4. The molecule has 4 rings (SSSR count). The summed E-state index contributed by atoms with van der Waals surface area (Å²) in [5.74, 6) is 1.93. The first-order valence-electron chi connectivity index (χ1n) is 9.70. The highest BCUT2D eigenvalue weighted by atomic mass is 16.5.